The first kappa shape index (κ1) is 13.4. The lowest BCUT2D eigenvalue weighted by atomic mass is 10.1. The molecule has 1 fully saturated rings. The summed E-state index contributed by atoms with van der Waals surface area (Å²) in [7, 11) is 3.80. The van der Waals surface area contributed by atoms with Gasteiger partial charge in [-0.3, -0.25) is 5.32 Å². The molecule has 88 valence electrons. The van der Waals surface area contributed by atoms with Crippen LogP contribution in [0.5, 0.6) is 0 Å². The Morgan fingerprint density at radius 2 is 2.47 bits per heavy atom. The van der Waals surface area contributed by atoms with E-state index in [2.05, 4.69) is 12.2 Å². The fourth-order valence-electron chi connectivity index (χ4n) is 1.79. The van der Waals surface area contributed by atoms with Gasteiger partial charge in [0.15, 0.2) is 0 Å². The van der Waals surface area contributed by atoms with Gasteiger partial charge < -0.3 is 10.5 Å². The second-order valence-electron chi connectivity index (χ2n) is 3.84. The molecule has 15 heavy (non-hydrogen) atoms. The van der Waals surface area contributed by atoms with Crippen molar-refractivity contribution in [2.24, 2.45) is 5.73 Å². The molecule has 5 heteroatoms. The van der Waals surface area contributed by atoms with Crippen molar-refractivity contribution < 1.29 is 4.79 Å². The molecule has 2 atom stereocenters. The highest BCUT2D eigenvalue weighted by molar-refractivity contribution is 8.77. The molecule has 0 saturated carbocycles. The van der Waals surface area contributed by atoms with E-state index in [0.29, 0.717) is 19.0 Å². The first-order valence-electron chi connectivity index (χ1n) is 5.48. The first-order valence-corrected chi connectivity index (χ1v) is 7.80. The van der Waals surface area contributed by atoms with E-state index in [0.717, 1.165) is 25.5 Å². The van der Waals surface area contributed by atoms with Gasteiger partial charge in [-0.1, -0.05) is 28.5 Å². The van der Waals surface area contributed by atoms with Crippen molar-refractivity contribution in [3.05, 3.63) is 0 Å². The van der Waals surface area contributed by atoms with E-state index in [1.807, 2.05) is 21.6 Å². The maximum Gasteiger partial charge on any atom is 0.121 e. The highest BCUT2D eigenvalue weighted by Crippen LogP contribution is 2.47. The number of carbonyl (C=O) groups excluding carboxylic acids is 1. The number of nitrogens with two attached hydrogens (primary N) is 1. The van der Waals surface area contributed by atoms with Crippen molar-refractivity contribution in [3.8, 4) is 0 Å². The van der Waals surface area contributed by atoms with E-state index in [-0.39, 0.29) is 4.87 Å². The van der Waals surface area contributed by atoms with Crippen molar-refractivity contribution >= 4 is 27.9 Å². The van der Waals surface area contributed by atoms with Crippen LogP contribution in [0, 0.1) is 0 Å². The Morgan fingerprint density at radius 3 is 2.93 bits per heavy atom. The summed E-state index contributed by atoms with van der Waals surface area (Å²) in [5, 5.41) is 3.61. The summed E-state index contributed by atoms with van der Waals surface area (Å²) in [5.41, 5.74) is 5.65. The summed E-state index contributed by atoms with van der Waals surface area (Å²) in [6.07, 6.45) is 4.74. The zero-order valence-corrected chi connectivity index (χ0v) is 10.8. The van der Waals surface area contributed by atoms with E-state index in [1.165, 1.54) is 5.75 Å². The normalized spacial score (nSPS) is 27.9. The number of hydrogen-bond acceptors (Lipinski definition) is 5. The van der Waals surface area contributed by atoms with Crippen LogP contribution in [-0.4, -0.2) is 29.5 Å². The summed E-state index contributed by atoms with van der Waals surface area (Å²) in [6.45, 7) is 2.82. The van der Waals surface area contributed by atoms with Crippen LogP contribution in [0.4, 0.5) is 0 Å². The highest BCUT2D eigenvalue weighted by atomic mass is 33.1. The van der Waals surface area contributed by atoms with E-state index < -0.39 is 0 Å². The predicted octanol–water partition coefficient (Wildman–Crippen LogP) is 1.77. The third-order valence-corrected chi connectivity index (χ3v) is 5.84. The zero-order chi connectivity index (χ0) is 11.1. The van der Waals surface area contributed by atoms with Crippen LogP contribution in [0.2, 0.25) is 0 Å². The monoisotopic (exact) mass is 248 g/mol. The topological polar surface area (TPSA) is 55.1 Å². The number of carbonyl (C=O) groups is 1. The molecule has 3 N–H and O–H groups in total. The smallest absolute Gasteiger partial charge is 0.121 e. The molecule has 1 aliphatic rings. The molecular formula is C10H20N2OS2. The first-order chi connectivity index (χ1) is 7.26. The molecule has 1 saturated heterocycles. The maximum absolute atomic E-state index is 10.5. The Kier molecular flexibility index (Phi) is 6.04. The molecule has 2 unspecified atom stereocenters. The third-order valence-electron chi connectivity index (χ3n) is 2.70. The van der Waals surface area contributed by atoms with Gasteiger partial charge in [0.25, 0.3) is 0 Å². The summed E-state index contributed by atoms with van der Waals surface area (Å²) in [6, 6.07) is 0.306. The maximum atomic E-state index is 10.5. The van der Waals surface area contributed by atoms with Gasteiger partial charge in [0.2, 0.25) is 0 Å². The molecule has 0 amide bonds. The molecule has 3 nitrogen and oxygen atoms in total. The fourth-order valence-corrected chi connectivity index (χ4v) is 5.08. The average molecular weight is 248 g/mol. The molecular weight excluding hydrogens is 228 g/mol. The van der Waals surface area contributed by atoms with Crippen molar-refractivity contribution in [1.29, 1.82) is 0 Å². The standard InChI is InChI=1S/C10H20N2OS2/c1-2-9(3-7-13)12-10(4-6-11)5-8-14-15-10/h7,9,12H,2-6,8,11H2,1H3. The van der Waals surface area contributed by atoms with E-state index >= 15 is 0 Å². The van der Waals surface area contributed by atoms with Crippen LogP contribution in [0.25, 0.3) is 0 Å². The number of rotatable bonds is 7. The summed E-state index contributed by atoms with van der Waals surface area (Å²) in [5.74, 6) is 1.18. The Morgan fingerprint density at radius 1 is 1.67 bits per heavy atom. The van der Waals surface area contributed by atoms with E-state index in [1.54, 1.807) is 0 Å². The van der Waals surface area contributed by atoms with E-state index in [9.17, 15) is 4.79 Å². The van der Waals surface area contributed by atoms with Crippen LogP contribution in [-0.2, 0) is 4.79 Å². The molecule has 0 radical (unpaired) electrons. The van der Waals surface area contributed by atoms with Crippen molar-refractivity contribution in [2.45, 2.75) is 43.5 Å². The van der Waals surface area contributed by atoms with Gasteiger partial charge in [0.1, 0.15) is 6.29 Å². The SMILES string of the molecule is CCC(CC=O)NC1(CCN)CCSS1. The van der Waals surface area contributed by atoms with E-state index in [4.69, 9.17) is 5.73 Å². The van der Waals surface area contributed by atoms with Crippen LogP contribution in [0.15, 0.2) is 0 Å². The van der Waals surface area contributed by atoms with Crippen molar-refractivity contribution in [1.82, 2.24) is 5.32 Å². The third kappa shape index (κ3) is 3.98. The lowest BCUT2D eigenvalue weighted by molar-refractivity contribution is -0.108. The summed E-state index contributed by atoms with van der Waals surface area (Å²) in [4.78, 5) is 10.6. The molecule has 0 aliphatic carbocycles. The molecule has 1 rings (SSSR count). The van der Waals surface area contributed by atoms with Gasteiger partial charge in [-0.05, 0) is 25.8 Å². The second kappa shape index (κ2) is 6.78. The van der Waals surface area contributed by atoms with Gasteiger partial charge in [-0.25, -0.2) is 0 Å². The Labute approximate surface area is 99.7 Å². The number of aldehydes is 1. The van der Waals surface area contributed by atoms with Crippen molar-refractivity contribution in [2.75, 3.05) is 12.3 Å². The van der Waals surface area contributed by atoms with Gasteiger partial charge in [0.05, 0.1) is 4.87 Å². The van der Waals surface area contributed by atoms with Crippen LogP contribution in [0.1, 0.15) is 32.6 Å². The number of nitrogens with one attached hydrogen (secondary N) is 1. The lowest BCUT2D eigenvalue weighted by Crippen LogP contribution is -2.47. The molecule has 0 aromatic carbocycles. The average Bonchev–Trinajstić information content (AvgIpc) is 2.67. The van der Waals surface area contributed by atoms with Crippen LogP contribution >= 0.6 is 21.6 Å². The van der Waals surface area contributed by atoms with Gasteiger partial charge in [-0.15, -0.1) is 0 Å². The van der Waals surface area contributed by atoms with Gasteiger partial charge in [-0.2, -0.15) is 0 Å². The van der Waals surface area contributed by atoms with Crippen LogP contribution in [0.3, 0.4) is 0 Å². The molecule has 0 bridgehead atoms. The predicted molar refractivity (Wildman–Crippen MR) is 69.0 cm³/mol. The zero-order valence-electron chi connectivity index (χ0n) is 9.20. The molecule has 0 aromatic heterocycles. The largest absolute Gasteiger partial charge is 0.330 e. The summed E-state index contributed by atoms with van der Waals surface area (Å²) >= 11 is 0. The molecule has 0 spiro atoms. The Bertz CT molecular complexity index is 196. The van der Waals surface area contributed by atoms with Gasteiger partial charge in [0, 0.05) is 18.2 Å². The lowest BCUT2D eigenvalue weighted by Gasteiger charge is -2.32. The summed E-state index contributed by atoms with van der Waals surface area (Å²) < 4.78 is 0. The van der Waals surface area contributed by atoms with Gasteiger partial charge >= 0.3 is 0 Å². The minimum atomic E-state index is 0.114. The van der Waals surface area contributed by atoms with Crippen molar-refractivity contribution in [3.63, 3.8) is 0 Å². The second-order valence-corrected chi connectivity index (χ2v) is 6.64. The Hall–Kier alpha value is 0.290. The highest BCUT2D eigenvalue weighted by Gasteiger charge is 2.36. The minimum Gasteiger partial charge on any atom is -0.330 e. The Balaban J connectivity index is 2.52. The van der Waals surface area contributed by atoms with Crippen LogP contribution < -0.4 is 11.1 Å². The number of hydrogen-bond donors (Lipinski definition) is 2. The molecule has 1 heterocycles. The molecule has 0 aromatic rings. The quantitative estimate of drug-likeness (QED) is 0.531. The fraction of sp³-hybridized carbons (Fsp3) is 0.900. The molecule has 1 aliphatic heterocycles. The minimum absolute atomic E-state index is 0.114.